The minimum Gasteiger partial charge on any atom is -0.309 e. The fraction of sp³-hybridized carbons (Fsp3) is 0.667. The lowest BCUT2D eigenvalue weighted by Gasteiger charge is -2.06. The van der Waals surface area contributed by atoms with Gasteiger partial charge in [-0.3, -0.25) is 0 Å². The third-order valence-electron chi connectivity index (χ3n) is 1.20. The largest absolute Gasteiger partial charge is 0.309 e. The zero-order valence-electron chi connectivity index (χ0n) is 6.95. The molecule has 0 spiro atoms. The molecule has 0 aliphatic rings. The topological polar surface area (TPSA) is 29.0 Å². The van der Waals surface area contributed by atoms with Crippen molar-refractivity contribution in [2.75, 3.05) is 26.4 Å². The lowest BCUT2D eigenvalue weighted by Crippen LogP contribution is -2.14. The van der Waals surface area contributed by atoms with Gasteiger partial charge < -0.3 is 4.90 Å². The Hall–Kier alpha value is 0.160. The van der Waals surface area contributed by atoms with Gasteiger partial charge in [-0.1, -0.05) is 11.6 Å². The number of hydrogen-bond acceptors (Lipinski definition) is 5. The van der Waals surface area contributed by atoms with Crippen LogP contribution in [0.4, 0.5) is 0 Å². The van der Waals surface area contributed by atoms with Gasteiger partial charge in [-0.05, 0) is 14.1 Å². The highest BCUT2D eigenvalue weighted by molar-refractivity contribution is 7.99. The molecule has 1 aromatic rings. The quantitative estimate of drug-likeness (QED) is 0.729. The first-order chi connectivity index (χ1) is 5.70. The standard InChI is InChI=1S/C6H10ClN3S2/c1-10(2)3-4-11-6-5(7)8-12-9-6/h3-4H2,1-2H3. The summed E-state index contributed by atoms with van der Waals surface area (Å²) in [7, 11) is 4.09. The van der Waals surface area contributed by atoms with Gasteiger partial charge in [0.25, 0.3) is 0 Å². The Bertz CT molecular complexity index is 238. The second-order valence-corrected chi connectivity index (χ2v) is 4.48. The summed E-state index contributed by atoms with van der Waals surface area (Å²) < 4.78 is 7.93. The second kappa shape index (κ2) is 5.01. The molecule has 0 radical (unpaired) electrons. The van der Waals surface area contributed by atoms with E-state index in [1.165, 1.54) is 0 Å². The molecule has 0 aromatic carbocycles. The maximum atomic E-state index is 5.76. The smallest absolute Gasteiger partial charge is 0.176 e. The first-order valence-corrected chi connectivity index (χ1v) is 5.55. The van der Waals surface area contributed by atoms with Gasteiger partial charge in [-0.25, -0.2) is 0 Å². The molecular formula is C6H10ClN3S2. The van der Waals surface area contributed by atoms with Crippen LogP contribution in [0, 0.1) is 0 Å². The van der Waals surface area contributed by atoms with Gasteiger partial charge >= 0.3 is 0 Å². The van der Waals surface area contributed by atoms with Crippen molar-refractivity contribution >= 4 is 35.1 Å². The molecule has 0 amide bonds. The lowest BCUT2D eigenvalue weighted by molar-refractivity contribution is 0.437. The summed E-state index contributed by atoms with van der Waals surface area (Å²) in [5, 5.41) is 1.38. The Balaban J connectivity index is 2.29. The first-order valence-electron chi connectivity index (χ1n) is 3.45. The maximum Gasteiger partial charge on any atom is 0.176 e. The third kappa shape index (κ3) is 3.26. The Morgan fingerprint density at radius 1 is 1.50 bits per heavy atom. The van der Waals surface area contributed by atoms with Gasteiger partial charge in [0, 0.05) is 12.3 Å². The van der Waals surface area contributed by atoms with Gasteiger partial charge in [0.1, 0.15) is 5.03 Å². The fourth-order valence-electron chi connectivity index (χ4n) is 0.581. The molecule has 6 heteroatoms. The van der Waals surface area contributed by atoms with Crippen LogP contribution >= 0.6 is 35.1 Å². The molecule has 68 valence electrons. The molecule has 0 N–H and O–H groups in total. The zero-order valence-corrected chi connectivity index (χ0v) is 9.34. The molecule has 1 aromatic heterocycles. The van der Waals surface area contributed by atoms with Crippen LogP contribution in [0.15, 0.2) is 5.03 Å². The highest BCUT2D eigenvalue weighted by Crippen LogP contribution is 2.23. The zero-order chi connectivity index (χ0) is 8.97. The van der Waals surface area contributed by atoms with E-state index in [-0.39, 0.29) is 0 Å². The van der Waals surface area contributed by atoms with Crippen LogP contribution in [0.3, 0.4) is 0 Å². The second-order valence-electron chi connectivity index (χ2n) is 2.51. The minimum atomic E-state index is 0.531. The molecule has 0 saturated heterocycles. The maximum absolute atomic E-state index is 5.76. The molecule has 0 bridgehead atoms. The van der Waals surface area contributed by atoms with Crippen molar-refractivity contribution in [2.24, 2.45) is 0 Å². The molecule has 0 fully saturated rings. The lowest BCUT2D eigenvalue weighted by atomic mass is 10.7. The summed E-state index contributed by atoms with van der Waals surface area (Å²) in [6.07, 6.45) is 0. The Morgan fingerprint density at radius 3 is 2.75 bits per heavy atom. The first kappa shape index (κ1) is 10.2. The van der Waals surface area contributed by atoms with E-state index in [0.29, 0.717) is 5.15 Å². The van der Waals surface area contributed by atoms with Crippen LogP contribution in [0.2, 0.25) is 5.15 Å². The van der Waals surface area contributed by atoms with E-state index in [4.69, 9.17) is 11.6 Å². The number of nitrogens with zero attached hydrogens (tertiary/aromatic N) is 3. The fourth-order valence-corrected chi connectivity index (χ4v) is 2.47. The van der Waals surface area contributed by atoms with Crippen molar-refractivity contribution < 1.29 is 0 Å². The van der Waals surface area contributed by atoms with Crippen molar-refractivity contribution in [3.63, 3.8) is 0 Å². The van der Waals surface area contributed by atoms with Gasteiger partial charge in [0.2, 0.25) is 0 Å². The van der Waals surface area contributed by atoms with E-state index in [9.17, 15) is 0 Å². The molecule has 0 aliphatic heterocycles. The number of halogens is 1. The Kier molecular flexibility index (Phi) is 4.28. The van der Waals surface area contributed by atoms with Crippen molar-refractivity contribution in [3.05, 3.63) is 5.15 Å². The van der Waals surface area contributed by atoms with E-state index < -0.39 is 0 Å². The van der Waals surface area contributed by atoms with Gasteiger partial charge in [0.05, 0.1) is 11.7 Å². The van der Waals surface area contributed by atoms with Crippen molar-refractivity contribution in [3.8, 4) is 0 Å². The average molecular weight is 224 g/mol. The van der Waals surface area contributed by atoms with Crippen LogP contribution in [0.5, 0.6) is 0 Å². The number of thioether (sulfide) groups is 1. The van der Waals surface area contributed by atoms with Crippen molar-refractivity contribution in [1.29, 1.82) is 0 Å². The van der Waals surface area contributed by atoms with Crippen LogP contribution in [-0.2, 0) is 0 Å². The highest BCUT2D eigenvalue weighted by Gasteiger charge is 2.04. The molecular weight excluding hydrogens is 214 g/mol. The van der Waals surface area contributed by atoms with Crippen molar-refractivity contribution in [2.45, 2.75) is 5.03 Å². The van der Waals surface area contributed by atoms with Gasteiger partial charge in [-0.2, -0.15) is 8.75 Å². The predicted octanol–water partition coefficient (Wildman–Crippen LogP) is 1.85. The van der Waals surface area contributed by atoms with E-state index in [1.807, 2.05) is 14.1 Å². The summed E-state index contributed by atoms with van der Waals surface area (Å²) in [5.74, 6) is 0.998. The molecule has 12 heavy (non-hydrogen) atoms. The predicted molar refractivity (Wildman–Crippen MR) is 54.2 cm³/mol. The normalized spacial score (nSPS) is 11.0. The summed E-state index contributed by atoms with van der Waals surface area (Å²) in [6, 6.07) is 0. The average Bonchev–Trinajstić information content (AvgIpc) is 2.36. The van der Waals surface area contributed by atoms with Crippen LogP contribution < -0.4 is 0 Å². The SMILES string of the molecule is CN(C)CCSc1nsnc1Cl. The molecule has 3 nitrogen and oxygen atoms in total. The van der Waals surface area contributed by atoms with Crippen LogP contribution in [0.1, 0.15) is 0 Å². The number of rotatable bonds is 4. The monoisotopic (exact) mass is 223 g/mol. The Morgan fingerprint density at radius 2 is 2.25 bits per heavy atom. The summed E-state index contributed by atoms with van der Waals surface area (Å²) >= 11 is 8.56. The molecule has 0 aliphatic carbocycles. The van der Waals surface area contributed by atoms with E-state index >= 15 is 0 Å². The van der Waals surface area contributed by atoms with E-state index in [2.05, 4.69) is 13.6 Å². The van der Waals surface area contributed by atoms with E-state index in [1.54, 1.807) is 11.8 Å². The summed E-state index contributed by atoms with van der Waals surface area (Å²) in [4.78, 5) is 2.13. The molecule has 0 unspecified atom stereocenters. The third-order valence-corrected chi connectivity index (χ3v) is 3.26. The Labute approximate surface area is 85.4 Å². The minimum absolute atomic E-state index is 0.531. The van der Waals surface area contributed by atoms with Crippen molar-refractivity contribution in [1.82, 2.24) is 13.6 Å². The van der Waals surface area contributed by atoms with Gasteiger partial charge in [-0.15, -0.1) is 11.8 Å². The van der Waals surface area contributed by atoms with Crippen LogP contribution in [-0.4, -0.2) is 40.0 Å². The molecule has 0 atom stereocenters. The highest BCUT2D eigenvalue weighted by atomic mass is 35.5. The number of aromatic nitrogens is 2. The summed E-state index contributed by atoms with van der Waals surface area (Å²) in [5.41, 5.74) is 0. The molecule has 1 heterocycles. The van der Waals surface area contributed by atoms with Crippen LogP contribution in [0.25, 0.3) is 0 Å². The van der Waals surface area contributed by atoms with E-state index in [0.717, 1.165) is 29.1 Å². The summed E-state index contributed by atoms with van der Waals surface area (Å²) in [6.45, 7) is 1.03. The molecule has 1 rings (SSSR count). The van der Waals surface area contributed by atoms with Gasteiger partial charge in [0.15, 0.2) is 5.15 Å². The number of hydrogen-bond donors (Lipinski definition) is 0. The molecule has 0 saturated carbocycles.